The zero-order valence-corrected chi connectivity index (χ0v) is 36.0. The number of fused-ring (bicyclic) bond motifs is 2. The molecule has 5 rings (SSSR count). The molecule has 17 nitrogen and oxygen atoms in total. The number of carbonyl (C=O) groups excluding carboxylic acids is 5. The van der Waals surface area contributed by atoms with E-state index in [1.807, 2.05) is 44.1 Å². The van der Waals surface area contributed by atoms with Gasteiger partial charge >= 0.3 is 18.2 Å². The maximum absolute atomic E-state index is 14.7. The number of cyclic esters (lactones) is 1. The van der Waals surface area contributed by atoms with Crippen LogP contribution in [-0.4, -0.2) is 136 Å². The average Bonchev–Trinajstić information content (AvgIpc) is 3.47. The summed E-state index contributed by atoms with van der Waals surface area (Å²) < 4.78 is 36.3. The van der Waals surface area contributed by atoms with Crippen molar-refractivity contribution in [2.75, 3.05) is 27.9 Å². The molecule has 0 bridgehead atoms. The van der Waals surface area contributed by atoms with Crippen LogP contribution in [0.4, 0.5) is 9.59 Å². The van der Waals surface area contributed by atoms with E-state index < -0.39 is 96.1 Å². The minimum absolute atomic E-state index is 0.0426. The van der Waals surface area contributed by atoms with Gasteiger partial charge in [0.2, 0.25) is 0 Å². The summed E-state index contributed by atoms with van der Waals surface area (Å²) in [6.45, 7) is 12.8. The number of para-hydroxylation sites is 2. The Kier molecular flexibility index (Phi) is 14.4. The molecule has 1 aromatic carbocycles. The molecule has 3 aliphatic heterocycles. The van der Waals surface area contributed by atoms with E-state index in [1.165, 1.54) is 25.1 Å². The maximum Gasteiger partial charge on any atom is 0.412 e. The van der Waals surface area contributed by atoms with E-state index in [1.54, 1.807) is 47.6 Å². The molecule has 13 atom stereocenters. The van der Waals surface area contributed by atoms with Crippen molar-refractivity contribution < 1.29 is 57.5 Å². The molecule has 0 saturated carbocycles. The SMILES string of the molecule is CC[C@H]1OC(=O)[C@H](C)C(=O)[C@H](C)[C@@H](O[C@@H]2O[C@H](C)C[C@H](N(C)C)[C@H]2O)[C@](C)(OC)C[C@@H](C)C(=O)[C@H](C)[C@H]2N(CNC(=O)OCc3cnc4ccccc4n3)C(=O)O[C@]12C. The largest absolute Gasteiger partial charge is 0.458 e. The monoisotopic (exact) mass is 827 g/mol. The van der Waals surface area contributed by atoms with Crippen LogP contribution in [0.25, 0.3) is 11.0 Å². The average molecular weight is 828 g/mol. The fraction of sp³-hybridized carbons (Fsp3) is 0.690. The topological polar surface area (TPSA) is 205 Å². The molecule has 3 fully saturated rings. The number of amides is 2. The predicted molar refractivity (Wildman–Crippen MR) is 212 cm³/mol. The van der Waals surface area contributed by atoms with E-state index >= 15 is 0 Å². The summed E-state index contributed by atoms with van der Waals surface area (Å²) in [5, 5.41) is 14.0. The first kappa shape index (κ1) is 45.8. The second-order valence-electron chi connectivity index (χ2n) is 16.9. The summed E-state index contributed by atoms with van der Waals surface area (Å²) in [7, 11) is 5.14. The van der Waals surface area contributed by atoms with Gasteiger partial charge in [-0.05, 0) is 73.2 Å². The van der Waals surface area contributed by atoms with Crippen molar-refractivity contribution in [1.82, 2.24) is 25.1 Å². The zero-order chi connectivity index (χ0) is 43.6. The molecular weight excluding hydrogens is 766 g/mol. The Morgan fingerprint density at radius 1 is 1.03 bits per heavy atom. The van der Waals surface area contributed by atoms with Gasteiger partial charge in [-0.3, -0.25) is 24.3 Å². The van der Waals surface area contributed by atoms with Crippen LogP contribution in [0.2, 0.25) is 0 Å². The van der Waals surface area contributed by atoms with Crippen molar-refractivity contribution in [3.8, 4) is 0 Å². The fourth-order valence-corrected chi connectivity index (χ4v) is 9.05. The van der Waals surface area contributed by atoms with E-state index in [-0.39, 0.29) is 37.4 Å². The lowest BCUT2D eigenvalue weighted by Gasteiger charge is -2.47. The quantitative estimate of drug-likeness (QED) is 0.208. The van der Waals surface area contributed by atoms with Crippen LogP contribution in [0.3, 0.4) is 0 Å². The Labute approximate surface area is 345 Å². The van der Waals surface area contributed by atoms with Gasteiger partial charge in [0.25, 0.3) is 0 Å². The molecule has 2 aromatic rings. The van der Waals surface area contributed by atoms with Crippen molar-refractivity contribution in [2.24, 2.45) is 23.7 Å². The molecule has 1 aromatic heterocycles. The molecule has 326 valence electrons. The molecule has 2 amide bonds. The Morgan fingerprint density at radius 3 is 2.36 bits per heavy atom. The second kappa shape index (κ2) is 18.5. The van der Waals surface area contributed by atoms with Crippen molar-refractivity contribution in [3.63, 3.8) is 0 Å². The molecule has 2 N–H and O–H groups in total. The number of rotatable bonds is 9. The van der Waals surface area contributed by atoms with Gasteiger partial charge in [0.1, 0.15) is 30.5 Å². The molecule has 3 saturated heterocycles. The van der Waals surface area contributed by atoms with Crippen LogP contribution >= 0.6 is 0 Å². The number of carbonyl (C=O) groups is 5. The summed E-state index contributed by atoms with van der Waals surface area (Å²) in [4.78, 5) is 81.5. The normalized spacial score (nSPS) is 36.2. The highest BCUT2D eigenvalue weighted by Gasteiger charge is 2.60. The summed E-state index contributed by atoms with van der Waals surface area (Å²) in [6.07, 6.45) is -4.22. The van der Waals surface area contributed by atoms with Crippen molar-refractivity contribution >= 4 is 40.8 Å². The van der Waals surface area contributed by atoms with Crippen LogP contribution < -0.4 is 5.32 Å². The second-order valence-corrected chi connectivity index (χ2v) is 16.9. The Balaban J connectivity index is 1.44. The molecule has 3 aliphatic rings. The number of ether oxygens (including phenoxy) is 6. The van der Waals surface area contributed by atoms with Gasteiger partial charge in [0.05, 0.1) is 53.4 Å². The Hall–Kier alpha value is -4.29. The van der Waals surface area contributed by atoms with Gasteiger partial charge in [-0.2, -0.15) is 0 Å². The third-order valence-corrected chi connectivity index (χ3v) is 12.4. The lowest BCUT2D eigenvalue weighted by molar-refractivity contribution is -0.295. The highest BCUT2D eigenvalue weighted by molar-refractivity contribution is 6.00. The number of benzene rings is 1. The number of methoxy groups -OCH3 is 1. The first-order valence-corrected chi connectivity index (χ1v) is 20.4. The van der Waals surface area contributed by atoms with Gasteiger partial charge < -0.3 is 43.7 Å². The fourth-order valence-electron chi connectivity index (χ4n) is 9.05. The summed E-state index contributed by atoms with van der Waals surface area (Å²) in [5.74, 6) is -5.66. The molecular formula is C42H61N5O12. The maximum atomic E-state index is 14.7. The first-order chi connectivity index (χ1) is 27.8. The van der Waals surface area contributed by atoms with Crippen LogP contribution in [0.5, 0.6) is 0 Å². The number of likely N-dealkylation sites (N-methyl/N-ethyl adjacent to an activating group) is 1. The molecule has 4 heterocycles. The number of hydrogen-bond acceptors (Lipinski definition) is 15. The first-order valence-electron chi connectivity index (χ1n) is 20.4. The summed E-state index contributed by atoms with van der Waals surface area (Å²) >= 11 is 0. The van der Waals surface area contributed by atoms with E-state index in [0.717, 1.165) is 0 Å². The van der Waals surface area contributed by atoms with Gasteiger partial charge in [0, 0.05) is 30.9 Å². The zero-order valence-electron chi connectivity index (χ0n) is 36.0. The number of Topliss-reactive ketones (excluding diaryl/α,β-unsaturated/α-hetero) is 2. The molecule has 0 spiro atoms. The third kappa shape index (κ3) is 9.54. The number of aliphatic hydroxyl groups excluding tert-OH is 1. The van der Waals surface area contributed by atoms with Gasteiger partial charge in [0.15, 0.2) is 17.7 Å². The number of alkyl carbamates (subject to hydrolysis) is 1. The third-order valence-electron chi connectivity index (χ3n) is 12.4. The number of nitrogens with one attached hydrogen (secondary N) is 1. The summed E-state index contributed by atoms with van der Waals surface area (Å²) in [6, 6.07) is 5.89. The minimum Gasteiger partial charge on any atom is -0.458 e. The lowest BCUT2D eigenvalue weighted by Crippen LogP contribution is -2.60. The smallest absolute Gasteiger partial charge is 0.412 e. The van der Waals surface area contributed by atoms with Crippen LogP contribution in [0.15, 0.2) is 30.5 Å². The number of aliphatic hydroxyl groups is 1. The van der Waals surface area contributed by atoms with E-state index in [0.29, 0.717) is 23.1 Å². The van der Waals surface area contributed by atoms with E-state index in [4.69, 9.17) is 28.4 Å². The van der Waals surface area contributed by atoms with Crippen molar-refractivity contribution in [1.29, 1.82) is 0 Å². The molecule has 17 heteroatoms. The highest BCUT2D eigenvalue weighted by Crippen LogP contribution is 2.43. The van der Waals surface area contributed by atoms with Crippen LogP contribution in [-0.2, 0) is 49.4 Å². The standard InChI is InChI=1S/C42H61N5O12/c1-12-31-42(8)35(47(40(53)59-42)21-44-39(52)55-20-27-19-43-28-15-13-14-16-29(28)45-27)24(4)32(48)22(2)18-41(7,54-11)36(25(5)33(49)26(6)37(51)57-31)58-38-34(50)30(46(9)10)17-23(3)56-38/h13-16,19,22-26,30-31,34-36,38,50H,12,17-18,20-21H2,1-11H3,(H,44,52)/t22-,23-,24+,25+,26-,30+,31-,34-,35-,36-,38+,41-,42-/m1/s1. The molecule has 0 aliphatic carbocycles. The number of ketones is 2. The van der Waals surface area contributed by atoms with Crippen LogP contribution in [0.1, 0.15) is 80.3 Å². The number of aromatic nitrogens is 2. The van der Waals surface area contributed by atoms with E-state index in [9.17, 15) is 29.1 Å². The summed E-state index contributed by atoms with van der Waals surface area (Å²) in [5.41, 5.74) is -1.21. The molecule has 0 radical (unpaired) electrons. The minimum atomic E-state index is -1.59. The van der Waals surface area contributed by atoms with E-state index in [2.05, 4.69) is 15.3 Å². The van der Waals surface area contributed by atoms with Crippen molar-refractivity contribution in [3.05, 3.63) is 36.2 Å². The number of hydrogen-bond donors (Lipinski definition) is 2. The van der Waals surface area contributed by atoms with Crippen LogP contribution in [0, 0.1) is 23.7 Å². The molecule has 59 heavy (non-hydrogen) atoms. The Bertz CT molecular complexity index is 1860. The number of esters is 1. The van der Waals surface area contributed by atoms with Crippen molar-refractivity contribution in [2.45, 2.75) is 135 Å². The Morgan fingerprint density at radius 2 is 1.71 bits per heavy atom. The predicted octanol–water partition coefficient (Wildman–Crippen LogP) is 4.02. The lowest BCUT2D eigenvalue weighted by atomic mass is 9.73. The highest BCUT2D eigenvalue weighted by atomic mass is 16.7. The van der Waals surface area contributed by atoms with Gasteiger partial charge in [-0.1, -0.05) is 39.8 Å². The van der Waals surface area contributed by atoms with Gasteiger partial charge in [-0.25, -0.2) is 14.6 Å². The molecule has 0 unspecified atom stereocenters. The van der Waals surface area contributed by atoms with Gasteiger partial charge in [-0.15, -0.1) is 0 Å². The number of nitrogens with zero attached hydrogens (tertiary/aromatic N) is 4.